The topological polar surface area (TPSA) is 93.0 Å². The van der Waals surface area contributed by atoms with E-state index in [9.17, 15) is 14.5 Å². The molecule has 8 heteroatoms. The van der Waals surface area contributed by atoms with Gasteiger partial charge in [0.2, 0.25) is 0 Å². The van der Waals surface area contributed by atoms with Gasteiger partial charge in [0.1, 0.15) is 5.84 Å². The number of nitro groups is 1. The highest BCUT2D eigenvalue weighted by atomic mass is 79.9. The molecule has 2 rings (SSSR count). The van der Waals surface area contributed by atoms with E-state index in [4.69, 9.17) is 11.1 Å². The van der Waals surface area contributed by atoms with Crippen LogP contribution in [0.5, 0.6) is 0 Å². The van der Waals surface area contributed by atoms with Crippen LogP contribution in [0.25, 0.3) is 0 Å². The third-order valence-electron chi connectivity index (χ3n) is 2.61. The highest BCUT2D eigenvalue weighted by molar-refractivity contribution is 9.10. The smallest absolute Gasteiger partial charge is 0.269 e. The molecule has 0 amide bonds. The van der Waals surface area contributed by atoms with Gasteiger partial charge in [-0.2, -0.15) is 0 Å². The molecule has 108 valence electrons. The molecule has 0 heterocycles. The van der Waals surface area contributed by atoms with Crippen molar-refractivity contribution in [2.45, 2.75) is 9.79 Å². The summed E-state index contributed by atoms with van der Waals surface area (Å²) in [6, 6.07) is 8.88. The van der Waals surface area contributed by atoms with Crippen LogP contribution in [-0.2, 0) is 0 Å². The molecule has 0 spiro atoms. The van der Waals surface area contributed by atoms with Crippen LogP contribution in [0.4, 0.5) is 10.1 Å². The quantitative estimate of drug-likeness (QED) is 0.369. The van der Waals surface area contributed by atoms with E-state index in [0.717, 1.165) is 11.8 Å². The highest BCUT2D eigenvalue weighted by Gasteiger charge is 2.14. The fourth-order valence-corrected chi connectivity index (χ4v) is 3.13. The molecule has 0 unspecified atom stereocenters. The Labute approximate surface area is 132 Å². The number of nitrogens with two attached hydrogens (primary N) is 1. The number of benzene rings is 2. The first-order valence-corrected chi connectivity index (χ1v) is 7.26. The first-order valence-electron chi connectivity index (χ1n) is 5.65. The number of halogens is 2. The van der Waals surface area contributed by atoms with E-state index in [2.05, 4.69) is 15.9 Å². The van der Waals surface area contributed by atoms with Crippen LogP contribution in [0.3, 0.4) is 0 Å². The second-order valence-electron chi connectivity index (χ2n) is 4.01. The van der Waals surface area contributed by atoms with Gasteiger partial charge < -0.3 is 5.73 Å². The summed E-state index contributed by atoms with van der Waals surface area (Å²) in [5, 5.41) is 17.9. The first kappa shape index (κ1) is 15.5. The van der Waals surface area contributed by atoms with Gasteiger partial charge in [-0.25, -0.2) is 4.39 Å². The number of nitrogen functional groups attached to an aromatic ring is 1. The van der Waals surface area contributed by atoms with Crippen molar-refractivity contribution < 1.29 is 9.31 Å². The average Bonchev–Trinajstić information content (AvgIpc) is 2.44. The largest absolute Gasteiger partial charge is 0.384 e. The summed E-state index contributed by atoms with van der Waals surface area (Å²) in [6.07, 6.45) is 0. The minimum atomic E-state index is -0.522. The van der Waals surface area contributed by atoms with E-state index in [-0.39, 0.29) is 21.6 Å². The van der Waals surface area contributed by atoms with Crippen LogP contribution < -0.4 is 5.73 Å². The minimum Gasteiger partial charge on any atom is -0.384 e. The Kier molecular flexibility index (Phi) is 4.59. The molecule has 2 aromatic carbocycles. The van der Waals surface area contributed by atoms with E-state index < -0.39 is 10.7 Å². The van der Waals surface area contributed by atoms with E-state index in [1.54, 1.807) is 18.2 Å². The summed E-state index contributed by atoms with van der Waals surface area (Å²) in [6.45, 7) is 0. The zero-order chi connectivity index (χ0) is 15.6. The van der Waals surface area contributed by atoms with Gasteiger partial charge in [0.25, 0.3) is 5.69 Å². The normalized spacial score (nSPS) is 10.4. The molecule has 0 saturated carbocycles. The van der Waals surface area contributed by atoms with Gasteiger partial charge in [0.15, 0.2) is 5.82 Å². The van der Waals surface area contributed by atoms with Gasteiger partial charge in [-0.3, -0.25) is 15.5 Å². The fraction of sp³-hybridized carbons (Fsp3) is 0. The molecule has 0 fully saturated rings. The second kappa shape index (κ2) is 6.23. The van der Waals surface area contributed by atoms with Crippen molar-refractivity contribution in [2.24, 2.45) is 5.73 Å². The molecular weight excluding hydrogens is 361 g/mol. The number of nitro benzene ring substituents is 1. The number of nitrogens with zero attached hydrogens (tertiary/aromatic N) is 1. The van der Waals surface area contributed by atoms with Crippen molar-refractivity contribution in [3.8, 4) is 0 Å². The lowest BCUT2D eigenvalue weighted by Crippen LogP contribution is -2.12. The van der Waals surface area contributed by atoms with Gasteiger partial charge in [0, 0.05) is 27.5 Å². The summed E-state index contributed by atoms with van der Waals surface area (Å²) >= 11 is 4.21. The maximum atomic E-state index is 14.2. The van der Waals surface area contributed by atoms with Gasteiger partial charge in [-0.1, -0.05) is 11.8 Å². The Hall–Kier alpha value is -1.93. The maximum absolute atomic E-state index is 14.2. The number of hydrogen-bond donors (Lipinski definition) is 2. The third-order valence-corrected chi connectivity index (χ3v) is 4.43. The molecule has 21 heavy (non-hydrogen) atoms. The van der Waals surface area contributed by atoms with Crippen LogP contribution in [0, 0.1) is 21.3 Å². The zero-order valence-corrected chi connectivity index (χ0v) is 12.9. The van der Waals surface area contributed by atoms with Crippen LogP contribution in [-0.4, -0.2) is 10.8 Å². The van der Waals surface area contributed by atoms with E-state index in [1.807, 2.05) is 0 Å². The van der Waals surface area contributed by atoms with Crippen molar-refractivity contribution >= 4 is 39.2 Å². The molecule has 0 radical (unpaired) electrons. The minimum absolute atomic E-state index is 0.0204. The van der Waals surface area contributed by atoms with Crippen molar-refractivity contribution in [1.29, 1.82) is 5.41 Å². The molecule has 0 atom stereocenters. The molecule has 0 aliphatic carbocycles. The van der Waals surface area contributed by atoms with Gasteiger partial charge in [0.05, 0.1) is 9.40 Å². The molecule has 0 bridgehead atoms. The lowest BCUT2D eigenvalue weighted by atomic mass is 10.2. The Bertz CT molecular complexity index is 722. The first-order chi connectivity index (χ1) is 9.90. The number of non-ortho nitro benzene ring substituents is 1. The van der Waals surface area contributed by atoms with Gasteiger partial charge in [-0.05, 0) is 40.2 Å². The molecular formula is C13H9BrFN3O2S. The molecule has 5 nitrogen and oxygen atoms in total. The number of rotatable bonds is 4. The number of hydrogen-bond acceptors (Lipinski definition) is 4. The zero-order valence-electron chi connectivity index (χ0n) is 10.5. The van der Waals surface area contributed by atoms with E-state index in [0.29, 0.717) is 9.79 Å². The van der Waals surface area contributed by atoms with Crippen LogP contribution in [0.1, 0.15) is 5.56 Å². The lowest BCUT2D eigenvalue weighted by molar-refractivity contribution is -0.384. The molecule has 0 aliphatic heterocycles. The van der Waals surface area contributed by atoms with Crippen LogP contribution in [0.15, 0.2) is 50.7 Å². The standard InChI is InChI=1S/C13H9BrFN3O2S/c14-11-9(13(16)17)5-6-10(12(11)15)21-8-3-1-7(2-4-8)18(19)20/h1-6H,(H3,16,17). The molecule has 0 aromatic heterocycles. The maximum Gasteiger partial charge on any atom is 0.269 e. The Morgan fingerprint density at radius 1 is 1.29 bits per heavy atom. The summed E-state index contributed by atoms with van der Waals surface area (Å²) in [5.74, 6) is -0.751. The summed E-state index contributed by atoms with van der Waals surface area (Å²) in [4.78, 5) is 11.1. The predicted octanol–water partition coefficient (Wildman–Crippen LogP) is 3.93. The van der Waals surface area contributed by atoms with Gasteiger partial charge >= 0.3 is 0 Å². The highest BCUT2D eigenvalue weighted by Crippen LogP contribution is 2.35. The van der Waals surface area contributed by atoms with Crippen LogP contribution in [0.2, 0.25) is 0 Å². The monoisotopic (exact) mass is 369 g/mol. The number of amidine groups is 1. The summed E-state index contributed by atoms with van der Waals surface area (Å²) in [5.41, 5.74) is 5.60. The van der Waals surface area contributed by atoms with Crippen molar-refractivity contribution in [3.05, 3.63) is 62.4 Å². The van der Waals surface area contributed by atoms with Crippen molar-refractivity contribution in [3.63, 3.8) is 0 Å². The second-order valence-corrected chi connectivity index (χ2v) is 5.91. The van der Waals surface area contributed by atoms with Crippen LogP contribution >= 0.6 is 27.7 Å². The van der Waals surface area contributed by atoms with Crippen molar-refractivity contribution in [2.75, 3.05) is 0 Å². The van der Waals surface area contributed by atoms with E-state index in [1.165, 1.54) is 18.2 Å². The predicted molar refractivity (Wildman–Crippen MR) is 82.3 cm³/mol. The average molecular weight is 370 g/mol. The Balaban J connectivity index is 2.29. The molecule has 2 aromatic rings. The summed E-state index contributed by atoms with van der Waals surface area (Å²) in [7, 11) is 0. The fourth-order valence-electron chi connectivity index (χ4n) is 1.58. The van der Waals surface area contributed by atoms with Gasteiger partial charge in [-0.15, -0.1) is 0 Å². The third kappa shape index (κ3) is 3.40. The molecule has 0 aliphatic rings. The molecule has 0 saturated heterocycles. The number of nitrogens with one attached hydrogen (secondary N) is 1. The Morgan fingerprint density at radius 2 is 1.90 bits per heavy atom. The SMILES string of the molecule is N=C(N)c1ccc(Sc2ccc([N+](=O)[O-])cc2)c(F)c1Br. The van der Waals surface area contributed by atoms with Crippen molar-refractivity contribution in [1.82, 2.24) is 0 Å². The summed E-state index contributed by atoms with van der Waals surface area (Å²) < 4.78 is 14.3. The Morgan fingerprint density at radius 3 is 2.43 bits per heavy atom. The van der Waals surface area contributed by atoms with E-state index >= 15 is 0 Å². The molecule has 3 N–H and O–H groups in total. The lowest BCUT2D eigenvalue weighted by Gasteiger charge is -2.08.